The molecule has 2 aliphatic rings. The number of anilines is 1. The van der Waals surface area contributed by atoms with Gasteiger partial charge in [0.25, 0.3) is 5.89 Å². The molecule has 1 atom stereocenters. The molecule has 0 amide bonds. The number of rotatable bonds is 5. The number of fused-ring (bicyclic) bond motifs is 1. The molecule has 180 valence electrons. The first-order valence-corrected chi connectivity index (χ1v) is 12.9. The second-order valence-electron chi connectivity index (χ2n) is 9.41. The minimum absolute atomic E-state index is 0.196. The zero-order chi connectivity index (χ0) is 24.6. The van der Waals surface area contributed by atoms with Crippen molar-refractivity contribution in [2.75, 3.05) is 4.90 Å². The van der Waals surface area contributed by atoms with Gasteiger partial charge in [-0.15, -0.1) is 0 Å². The number of thiocarbonyl (C=S) groups is 1. The van der Waals surface area contributed by atoms with E-state index in [1.807, 2.05) is 30.3 Å². The number of hydrogen-bond acceptors (Lipinski definition) is 4. The Kier molecular flexibility index (Phi) is 5.89. The van der Waals surface area contributed by atoms with Crippen LogP contribution in [0.15, 0.2) is 83.0 Å². The summed E-state index contributed by atoms with van der Waals surface area (Å²) in [4.78, 5) is 6.93. The second kappa shape index (κ2) is 9.36. The largest absolute Gasteiger partial charge is 0.351 e. The summed E-state index contributed by atoms with van der Waals surface area (Å²) in [7, 11) is 0. The Morgan fingerprint density at radius 1 is 1.00 bits per heavy atom. The van der Waals surface area contributed by atoms with Crippen LogP contribution in [0.4, 0.5) is 5.69 Å². The van der Waals surface area contributed by atoms with Crippen molar-refractivity contribution in [1.82, 2.24) is 15.5 Å². The average Bonchev–Trinajstić information content (AvgIpc) is 3.59. The van der Waals surface area contributed by atoms with Crippen LogP contribution in [-0.2, 0) is 19.3 Å². The number of aryl methyl sites for hydroxylation is 3. The Hall–Kier alpha value is -3.77. The van der Waals surface area contributed by atoms with E-state index in [1.165, 1.54) is 23.1 Å². The van der Waals surface area contributed by atoms with E-state index in [-0.39, 0.29) is 6.04 Å². The van der Waals surface area contributed by atoms with Crippen LogP contribution >= 0.6 is 12.2 Å². The third kappa shape index (κ3) is 4.01. The summed E-state index contributed by atoms with van der Waals surface area (Å²) in [6.07, 6.45) is 4.47. The van der Waals surface area contributed by atoms with E-state index in [4.69, 9.17) is 21.7 Å². The molecule has 1 aliphatic heterocycles. The summed E-state index contributed by atoms with van der Waals surface area (Å²) in [5, 5.41) is 8.57. The normalized spacial score (nSPS) is 17.3. The van der Waals surface area contributed by atoms with Gasteiger partial charge in [-0.1, -0.05) is 72.7 Å². The van der Waals surface area contributed by atoms with Crippen LogP contribution in [0.2, 0.25) is 0 Å². The van der Waals surface area contributed by atoms with Crippen LogP contribution in [-0.4, -0.2) is 15.3 Å². The maximum atomic E-state index is 5.94. The lowest BCUT2D eigenvalue weighted by Gasteiger charge is -2.37. The number of aromatic nitrogens is 2. The van der Waals surface area contributed by atoms with E-state index in [1.54, 1.807) is 0 Å². The van der Waals surface area contributed by atoms with Gasteiger partial charge in [0.2, 0.25) is 5.82 Å². The molecule has 3 aromatic carbocycles. The van der Waals surface area contributed by atoms with Crippen molar-refractivity contribution in [1.29, 1.82) is 0 Å². The molecule has 0 spiro atoms. The molecule has 2 heterocycles. The maximum Gasteiger partial charge on any atom is 0.258 e. The highest BCUT2D eigenvalue weighted by atomic mass is 32.1. The van der Waals surface area contributed by atoms with Crippen molar-refractivity contribution >= 4 is 28.6 Å². The van der Waals surface area contributed by atoms with Crippen LogP contribution in [0, 0.1) is 0 Å². The molecule has 0 fully saturated rings. The van der Waals surface area contributed by atoms with E-state index >= 15 is 0 Å². The minimum atomic E-state index is -0.196. The SMILES string of the molecule is CCc1ccc(C2NC(=S)N(c3ccc4c(c3)CCC4)C(C)=C2c2nc(-c3ccccc3)no2)cc1. The van der Waals surface area contributed by atoms with E-state index in [0.29, 0.717) is 16.8 Å². The van der Waals surface area contributed by atoms with E-state index in [0.717, 1.165) is 47.3 Å². The molecule has 5 nitrogen and oxygen atoms in total. The molecule has 6 rings (SSSR count). The summed E-state index contributed by atoms with van der Waals surface area (Å²) in [5.74, 6) is 1.07. The maximum absolute atomic E-state index is 5.94. The van der Waals surface area contributed by atoms with E-state index < -0.39 is 0 Å². The minimum Gasteiger partial charge on any atom is -0.351 e. The van der Waals surface area contributed by atoms with Gasteiger partial charge in [-0.3, -0.25) is 4.90 Å². The molecular weight excluding hydrogens is 464 g/mol. The summed E-state index contributed by atoms with van der Waals surface area (Å²) in [5.41, 5.74) is 9.16. The topological polar surface area (TPSA) is 54.2 Å². The van der Waals surface area contributed by atoms with Gasteiger partial charge in [-0.2, -0.15) is 4.98 Å². The summed E-state index contributed by atoms with van der Waals surface area (Å²) >= 11 is 5.94. The molecule has 0 bridgehead atoms. The zero-order valence-corrected chi connectivity index (χ0v) is 21.3. The van der Waals surface area contributed by atoms with Crippen molar-refractivity contribution in [2.45, 2.75) is 45.6 Å². The molecule has 1 unspecified atom stereocenters. The number of nitrogens with one attached hydrogen (secondary N) is 1. The van der Waals surface area contributed by atoms with Crippen molar-refractivity contribution < 1.29 is 4.52 Å². The number of hydrogen-bond donors (Lipinski definition) is 1. The number of allylic oxidation sites excluding steroid dienone is 1. The molecule has 1 aliphatic carbocycles. The van der Waals surface area contributed by atoms with Gasteiger partial charge >= 0.3 is 0 Å². The first-order chi connectivity index (χ1) is 17.6. The molecule has 0 radical (unpaired) electrons. The lowest BCUT2D eigenvalue weighted by molar-refractivity contribution is 0.404. The Morgan fingerprint density at radius 2 is 1.78 bits per heavy atom. The number of benzene rings is 3. The van der Waals surface area contributed by atoms with Crippen molar-refractivity contribution in [3.63, 3.8) is 0 Å². The Labute approximate surface area is 216 Å². The van der Waals surface area contributed by atoms with E-state index in [2.05, 4.69) is 71.7 Å². The van der Waals surface area contributed by atoms with Gasteiger partial charge in [0.1, 0.15) is 0 Å². The van der Waals surface area contributed by atoms with Crippen LogP contribution in [0.5, 0.6) is 0 Å². The van der Waals surface area contributed by atoms with Gasteiger partial charge in [-0.25, -0.2) is 0 Å². The molecular formula is C30H28N4OS. The predicted octanol–water partition coefficient (Wildman–Crippen LogP) is 6.65. The molecule has 0 saturated carbocycles. The first-order valence-electron chi connectivity index (χ1n) is 12.5. The molecule has 1 N–H and O–H groups in total. The third-order valence-electron chi connectivity index (χ3n) is 7.23. The predicted molar refractivity (Wildman–Crippen MR) is 148 cm³/mol. The third-order valence-corrected chi connectivity index (χ3v) is 7.54. The van der Waals surface area contributed by atoms with Crippen molar-refractivity contribution in [2.24, 2.45) is 0 Å². The lowest BCUT2D eigenvalue weighted by atomic mass is 9.93. The standard InChI is InChI=1S/C30H28N4OS/c1-3-20-12-14-22(15-13-20)27-26(29-32-28(33-35-29)23-8-5-4-6-9-23)19(2)34(30(36)31-27)25-17-16-21-10-7-11-24(21)18-25/h4-6,8-9,12-18,27H,3,7,10-11H2,1-2H3,(H,31,36). The van der Waals surface area contributed by atoms with E-state index in [9.17, 15) is 0 Å². The molecule has 36 heavy (non-hydrogen) atoms. The van der Waals surface area contributed by atoms with Crippen LogP contribution in [0.3, 0.4) is 0 Å². The van der Waals surface area contributed by atoms with Gasteiger partial charge < -0.3 is 9.84 Å². The Morgan fingerprint density at radius 3 is 2.56 bits per heavy atom. The van der Waals surface area contributed by atoms with Crippen LogP contribution in [0.25, 0.3) is 17.0 Å². The fourth-order valence-corrected chi connectivity index (χ4v) is 5.62. The first kappa shape index (κ1) is 22.7. The highest BCUT2D eigenvalue weighted by molar-refractivity contribution is 7.80. The number of nitrogens with zero attached hydrogens (tertiary/aromatic N) is 3. The highest BCUT2D eigenvalue weighted by Crippen LogP contribution is 2.40. The smallest absolute Gasteiger partial charge is 0.258 e. The monoisotopic (exact) mass is 492 g/mol. The molecule has 0 saturated heterocycles. The fraction of sp³-hybridized carbons (Fsp3) is 0.233. The van der Waals surface area contributed by atoms with Crippen LogP contribution < -0.4 is 10.2 Å². The van der Waals surface area contributed by atoms with Gasteiger partial charge in [0, 0.05) is 16.9 Å². The lowest BCUT2D eigenvalue weighted by Crippen LogP contribution is -2.46. The average molecular weight is 493 g/mol. The van der Waals surface area contributed by atoms with Crippen molar-refractivity contribution in [3.8, 4) is 11.4 Å². The Bertz CT molecular complexity index is 1460. The van der Waals surface area contributed by atoms with Gasteiger partial charge in [0.15, 0.2) is 5.11 Å². The Balaban J connectivity index is 1.48. The quantitative estimate of drug-likeness (QED) is 0.315. The van der Waals surface area contributed by atoms with Crippen LogP contribution in [0.1, 0.15) is 54.5 Å². The highest BCUT2D eigenvalue weighted by Gasteiger charge is 2.35. The summed E-state index contributed by atoms with van der Waals surface area (Å²) in [6, 6.07) is 25.0. The summed E-state index contributed by atoms with van der Waals surface area (Å²) < 4.78 is 5.89. The van der Waals surface area contributed by atoms with Crippen molar-refractivity contribution in [3.05, 3.63) is 107 Å². The van der Waals surface area contributed by atoms with Gasteiger partial charge in [0.05, 0.1) is 11.6 Å². The molecule has 6 heteroatoms. The molecule has 4 aromatic rings. The zero-order valence-electron chi connectivity index (χ0n) is 20.5. The molecule has 1 aromatic heterocycles. The summed E-state index contributed by atoms with van der Waals surface area (Å²) in [6.45, 7) is 4.26. The van der Waals surface area contributed by atoms with Gasteiger partial charge in [-0.05, 0) is 79.2 Å². The fourth-order valence-electron chi connectivity index (χ4n) is 5.26. The second-order valence-corrected chi connectivity index (χ2v) is 9.79.